The van der Waals surface area contributed by atoms with Crippen LogP contribution in [0.2, 0.25) is 0 Å². The van der Waals surface area contributed by atoms with Crippen LogP contribution in [0.3, 0.4) is 0 Å². The van der Waals surface area contributed by atoms with Gasteiger partial charge in [0.25, 0.3) is 0 Å². The van der Waals surface area contributed by atoms with Crippen LogP contribution < -0.4 is 0 Å². The molecule has 0 aliphatic carbocycles. The van der Waals surface area contributed by atoms with Crippen LogP contribution in [0.15, 0.2) is 36.7 Å². The van der Waals surface area contributed by atoms with Gasteiger partial charge in [0.05, 0.1) is 5.60 Å². The van der Waals surface area contributed by atoms with Crippen molar-refractivity contribution in [3.63, 3.8) is 0 Å². The van der Waals surface area contributed by atoms with E-state index in [0.717, 1.165) is 31.8 Å². The lowest BCUT2D eigenvalue weighted by Gasteiger charge is -2.36. The molecule has 1 saturated heterocycles. The molecule has 1 aromatic heterocycles. The van der Waals surface area contributed by atoms with Gasteiger partial charge in [-0.3, -0.25) is 4.90 Å². The van der Waals surface area contributed by atoms with E-state index in [1.807, 2.05) is 20.0 Å². The summed E-state index contributed by atoms with van der Waals surface area (Å²) < 4.78 is 2.27. The van der Waals surface area contributed by atoms with E-state index in [1.54, 1.807) is 0 Å². The maximum Gasteiger partial charge on any atom is 0.105 e. The van der Waals surface area contributed by atoms with Crippen LogP contribution in [0.1, 0.15) is 62.9 Å². The van der Waals surface area contributed by atoms with Crippen molar-refractivity contribution >= 4 is 0 Å². The Morgan fingerprint density at radius 3 is 2.56 bits per heavy atom. The molecule has 1 unspecified atom stereocenters. The molecule has 0 saturated carbocycles. The molecule has 2 aromatic rings. The maximum absolute atomic E-state index is 9.90. The molecule has 0 amide bonds. The quantitative estimate of drug-likeness (QED) is 0.752. The third kappa shape index (κ3) is 6.18. The van der Waals surface area contributed by atoms with Gasteiger partial charge in [0.1, 0.15) is 5.82 Å². The molecule has 3 rings (SSSR count). The predicted molar refractivity (Wildman–Crippen MR) is 111 cm³/mol. The van der Waals surface area contributed by atoms with Crippen molar-refractivity contribution in [1.29, 1.82) is 0 Å². The second kappa shape index (κ2) is 9.03. The molecule has 1 N–H and O–H groups in total. The van der Waals surface area contributed by atoms with Gasteiger partial charge in [-0.2, -0.15) is 0 Å². The first-order valence-electron chi connectivity index (χ1n) is 10.4. The van der Waals surface area contributed by atoms with E-state index in [-0.39, 0.29) is 0 Å². The van der Waals surface area contributed by atoms with Crippen LogP contribution in [-0.2, 0) is 19.5 Å². The smallest absolute Gasteiger partial charge is 0.105 e. The monoisotopic (exact) mass is 369 g/mol. The lowest BCUT2D eigenvalue weighted by Crippen LogP contribution is -2.39. The molecule has 148 valence electrons. The Morgan fingerprint density at radius 2 is 1.89 bits per heavy atom. The van der Waals surface area contributed by atoms with Crippen LogP contribution in [0.5, 0.6) is 0 Å². The lowest BCUT2D eigenvalue weighted by molar-refractivity contribution is 0.0714. The van der Waals surface area contributed by atoms with Crippen LogP contribution in [0, 0.1) is 6.92 Å². The number of rotatable bonds is 8. The second-order valence-electron chi connectivity index (χ2n) is 8.71. The van der Waals surface area contributed by atoms with Crippen molar-refractivity contribution in [2.45, 2.75) is 84.0 Å². The topological polar surface area (TPSA) is 41.3 Å². The fourth-order valence-electron chi connectivity index (χ4n) is 4.02. The Bertz CT molecular complexity index is 699. The standard InChI is InChI=1S/C23H35N3O/c1-19-24-14-17-25(19)16-12-22-6-4-5-15-26(22)18-21-9-7-20(8-10-21)11-13-23(2,3)27/h7-10,14,17,22,27H,4-6,11-13,15-16,18H2,1-3H3. The van der Waals surface area contributed by atoms with E-state index in [2.05, 4.69) is 51.8 Å². The summed E-state index contributed by atoms with van der Waals surface area (Å²) in [5.74, 6) is 1.11. The number of hydrogen-bond donors (Lipinski definition) is 1. The van der Waals surface area contributed by atoms with E-state index in [1.165, 1.54) is 43.4 Å². The Kier molecular flexibility index (Phi) is 6.72. The van der Waals surface area contributed by atoms with E-state index in [9.17, 15) is 5.11 Å². The Hall–Kier alpha value is -1.65. The summed E-state index contributed by atoms with van der Waals surface area (Å²) in [5.41, 5.74) is 2.12. The number of piperidine rings is 1. The highest BCUT2D eigenvalue weighted by Crippen LogP contribution is 2.23. The zero-order valence-corrected chi connectivity index (χ0v) is 17.2. The maximum atomic E-state index is 9.90. The van der Waals surface area contributed by atoms with Gasteiger partial charge >= 0.3 is 0 Å². The molecule has 2 heterocycles. The average Bonchev–Trinajstić information content (AvgIpc) is 3.05. The minimum atomic E-state index is -0.590. The zero-order chi connectivity index (χ0) is 19.3. The summed E-state index contributed by atoms with van der Waals surface area (Å²) >= 11 is 0. The number of likely N-dealkylation sites (tertiary alicyclic amines) is 1. The highest BCUT2D eigenvalue weighted by Gasteiger charge is 2.22. The van der Waals surface area contributed by atoms with Gasteiger partial charge in [-0.25, -0.2) is 4.98 Å². The summed E-state index contributed by atoms with van der Waals surface area (Å²) in [7, 11) is 0. The number of hydrogen-bond acceptors (Lipinski definition) is 3. The van der Waals surface area contributed by atoms with Crippen molar-refractivity contribution in [3.8, 4) is 0 Å². The summed E-state index contributed by atoms with van der Waals surface area (Å²) in [5, 5.41) is 9.90. The number of aromatic nitrogens is 2. The first kappa shape index (κ1) is 20.1. The largest absolute Gasteiger partial charge is 0.390 e. The van der Waals surface area contributed by atoms with Gasteiger partial charge < -0.3 is 9.67 Å². The molecule has 1 aliphatic rings. The minimum absolute atomic E-state index is 0.590. The van der Waals surface area contributed by atoms with E-state index in [0.29, 0.717) is 6.04 Å². The van der Waals surface area contributed by atoms with Crippen molar-refractivity contribution in [3.05, 3.63) is 53.6 Å². The zero-order valence-electron chi connectivity index (χ0n) is 17.2. The molecular weight excluding hydrogens is 334 g/mol. The number of aliphatic hydroxyl groups is 1. The van der Waals surface area contributed by atoms with Crippen molar-refractivity contribution in [2.75, 3.05) is 6.54 Å². The Morgan fingerprint density at radius 1 is 1.15 bits per heavy atom. The molecule has 0 bridgehead atoms. The third-order valence-electron chi connectivity index (χ3n) is 5.81. The van der Waals surface area contributed by atoms with Crippen LogP contribution in [-0.4, -0.2) is 37.7 Å². The lowest BCUT2D eigenvalue weighted by atomic mass is 9.97. The first-order valence-corrected chi connectivity index (χ1v) is 10.4. The van der Waals surface area contributed by atoms with Gasteiger partial charge in [-0.1, -0.05) is 30.7 Å². The molecular formula is C23H35N3O. The highest BCUT2D eigenvalue weighted by molar-refractivity contribution is 5.23. The molecule has 27 heavy (non-hydrogen) atoms. The van der Waals surface area contributed by atoms with Crippen LogP contribution >= 0.6 is 0 Å². The third-order valence-corrected chi connectivity index (χ3v) is 5.81. The van der Waals surface area contributed by atoms with Crippen LogP contribution in [0.25, 0.3) is 0 Å². The summed E-state index contributed by atoms with van der Waals surface area (Å²) in [6.07, 6.45) is 10.9. The van der Waals surface area contributed by atoms with Gasteiger partial charge in [0, 0.05) is 31.5 Å². The normalized spacial score (nSPS) is 18.7. The van der Waals surface area contributed by atoms with E-state index < -0.39 is 5.60 Å². The van der Waals surface area contributed by atoms with Crippen molar-refractivity contribution in [1.82, 2.24) is 14.5 Å². The van der Waals surface area contributed by atoms with Crippen LogP contribution in [0.4, 0.5) is 0 Å². The molecule has 1 fully saturated rings. The molecule has 4 heteroatoms. The predicted octanol–water partition coefficient (Wildman–Crippen LogP) is 4.34. The minimum Gasteiger partial charge on any atom is -0.390 e. The highest BCUT2D eigenvalue weighted by atomic mass is 16.3. The van der Waals surface area contributed by atoms with Gasteiger partial charge in [-0.15, -0.1) is 0 Å². The molecule has 4 nitrogen and oxygen atoms in total. The first-order chi connectivity index (χ1) is 12.9. The molecule has 0 radical (unpaired) electrons. The average molecular weight is 370 g/mol. The number of benzene rings is 1. The number of nitrogens with zero attached hydrogens (tertiary/aromatic N) is 3. The second-order valence-corrected chi connectivity index (χ2v) is 8.71. The van der Waals surface area contributed by atoms with E-state index in [4.69, 9.17) is 0 Å². The van der Waals surface area contributed by atoms with Gasteiger partial charge in [0.2, 0.25) is 0 Å². The van der Waals surface area contributed by atoms with Gasteiger partial charge in [-0.05, 0) is 70.5 Å². The molecule has 1 aromatic carbocycles. The Labute approximate surface area is 164 Å². The summed E-state index contributed by atoms with van der Waals surface area (Å²) in [4.78, 5) is 7.01. The number of aryl methyl sites for hydroxylation is 3. The van der Waals surface area contributed by atoms with E-state index >= 15 is 0 Å². The fraction of sp³-hybridized carbons (Fsp3) is 0.609. The van der Waals surface area contributed by atoms with Crippen molar-refractivity contribution < 1.29 is 5.11 Å². The number of imidazole rings is 1. The fourth-order valence-corrected chi connectivity index (χ4v) is 4.02. The molecule has 1 atom stereocenters. The molecule has 0 spiro atoms. The summed E-state index contributed by atoms with van der Waals surface area (Å²) in [6, 6.07) is 9.66. The Balaban J connectivity index is 1.55. The van der Waals surface area contributed by atoms with Gasteiger partial charge in [0.15, 0.2) is 0 Å². The molecule has 1 aliphatic heterocycles. The summed E-state index contributed by atoms with van der Waals surface area (Å²) in [6.45, 7) is 9.14. The van der Waals surface area contributed by atoms with Crippen molar-refractivity contribution in [2.24, 2.45) is 0 Å². The SMILES string of the molecule is Cc1nccn1CCC1CCCCN1Cc1ccc(CCC(C)(C)O)cc1.